The highest BCUT2D eigenvalue weighted by Crippen LogP contribution is 2.39. The Morgan fingerprint density at radius 2 is 1.57 bits per heavy atom. The predicted molar refractivity (Wildman–Crippen MR) is 146 cm³/mol. The number of benzene rings is 3. The summed E-state index contributed by atoms with van der Waals surface area (Å²) in [5.74, 6) is 0.499. The highest BCUT2D eigenvalue weighted by molar-refractivity contribution is 7.89. The third-order valence-corrected chi connectivity index (χ3v) is 9.29. The lowest BCUT2D eigenvalue weighted by molar-refractivity contribution is -0.121. The zero-order valence-electron chi connectivity index (χ0n) is 21.5. The molecule has 0 spiro atoms. The molecule has 1 saturated carbocycles. The van der Waals surface area contributed by atoms with Crippen LogP contribution in [-0.2, 0) is 21.4 Å². The van der Waals surface area contributed by atoms with Crippen LogP contribution in [0.15, 0.2) is 83.8 Å². The molecule has 0 bridgehead atoms. The average molecular weight is 521 g/mol. The summed E-state index contributed by atoms with van der Waals surface area (Å²) in [6.07, 6.45) is 3.38. The van der Waals surface area contributed by atoms with E-state index in [0.29, 0.717) is 11.4 Å². The maximum Gasteiger partial charge on any atom is 0.243 e. The standard InChI is InChI=1S/C30H36N2O4S/c1-22-8-14-25(15-9-22)29(30(31)33)26-16-10-23(11-17-26)20-32(21-24-12-18-27(36-2)19-13-24)37(34,35)28-6-4-3-5-7-28/h3-9,12-15,18-19,23,26,29H,10-11,16-17,20-21H2,1-2H3,(H2,31,33). The molecule has 0 aliphatic heterocycles. The molecule has 2 N–H and O–H groups in total. The number of sulfonamides is 1. The number of nitrogens with zero attached hydrogens (tertiary/aromatic N) is 1. The summed E-state index contributed by atoms with van der Waals surface area (Å²) in [6, 6.07) is 24.1. The molecule has 1 aliphatic carbocycles. The number of primary amides is 1. The lowest BCUT2D eigenvalue weighted by Crippen LogP contribution is -2.37. The number of carbonyl (C=O) groups is 1. The van der Waals surface area contributed by atoms with Gasteiger partial charge < -0.3 is 10.5 Å². The van der Waals surface area contributed by atoms with Crippen LogP contribution in [0.5, 0.6) is 5.75 Å². The van der Waals surface area contributed by atoms with Gasteiger partial charge in [-0.1, -0.05) is 60.2 Å². The van der Waals surface area contributed by atoms with Crippen molar-refractivity contribution in [2.75, 3.05) is 13.7 Å². The lowest BCUT2D eigenvalue weighted by atomic mass is 9.73. The van der Waals surface area contributed by atoms with Gasteiger partial charge in [0.2, 0.25) is 15.9 Å². The van der Waals surface area contributed by atoms with Crippen molar-refractivity contribution in [3.05, 3.63) is 95.6 Å². The van der Waals surface area contributed by atoms with E-state index in [4.69, 9.17) is 10.5 Å². The molecule has 1 aliphatic rings. The van der Waals surface area contributed by atoms with Crippen molar-refractivity contribution in [3.63, 3.8) is 0 Å². The first-order chi connectivity index (χ1) is 17.8. The van der Waals surface area contributed by atoms with Crippen LogP contribution < -0.4 is 10.5 Å². The zero-order chi connectivity index (χ0) is 26.4. The molecule has 7 heteroatoms. The van der Waals surface area contributed by atoms with Gasteiger partial charge in [0.1, 0.15) is 5.75 Å². The quantitative estimate of drug-likeness (QED) is 0.394. The summed E-state index contributed by atoms with van der Waals surface area (Å²) < 4.78 is 34.1. The fraction of sp³-hybridized carbons (Fsp3) is 0.367. The second kappa shape index (κ2) is 11.9. The van der Waals surface area contributed by atoms with Crippen molar-refractivity contribution in [2.24, 2.45) is 17.6 Å². The van der Waals surface area contributed by atoms with Crippen molar-refractivity contribution in [1.82, 2.24) is 4.31 Å². The predicted octanol–water partition coefficient (Wildman–Crippen LogP) is 5.27. The minimum absolute atomic E-state index is 0.164. The SMILES string of the molecule is COc1ccc(CN(CC2CCC(C(C(N)=O)c3ccc(C)cc3)CC2)S(=O)(=O)c2ccccc2)cc1. The van der Waals surface area contributed by atoms with Crippen molar-refractivity contribution < 1.29 is 17.9 Å². The second-order valence-corrected chi connectivity index (χ2v) is 12.0. The van der Waals surface area contributed by atoms with Crippen molar-refractivity contribution >= 4 is 15.9 Å². The molecular weight excluding hydrogens is 484 g/mol. The van der Waals surface area contributed by atoms with E-state index in [1.807, 2.05) is 61.5 Å². The van der Waals surface area contributed by atoms with E-state index in [9.17, 15) is 13.2 Å². The van der Waals surface area contributed by atoms with Crippen LogP contribution in [0.1, 0.15) is 48.3 Å². The minimum Gasteiger partial charge on any atom is -0.497 e. The van der Waals surface area contributed by atoms with E-state index in [2.05, 4.69) is 0 Å². The third-order valence-electron chi connectivity index (χ3n) is 7.47. The first-order valence-electron chi connectivity index (χ1n) is 12.8. The zero-order valence-corrected chi connectivity index (χ0v) is 22.4. The Morgan fingerprint density at radius 3 is 2.14 bits per heavy atom. The van der Waals surface area contributed by atoms with E-state index >= 15 is 0 Å². The van der Waals surface area contributed by atoms with Gasteiger partial charge in [0.05, 0.1) is 17.9 Å². The number of rotatable bonds is 10. The van der Waals surface area contributed by atoms with Crippen LogP contribution in [0.2, 0.25) is 0 Å². The Morgan fingerprint density at radius 1 is 0.946 bits per heavy atom. The van der Waals surface area contributed by atoms with Gasteiger partial charge in [0.25, 0.3) is 0 Å². The third kappa shape index (κ3) is 6.59. The lowest BCUT2D eigenvalue weighted by Gasteiger charge is -2.35. The first-order valence-corrected chi connectivity index (χ1v) is 14.3. The van der Waals surface area contributed by atoms with Gasteiger partial charge in [-0.05, 0) is 79.8 Å². The smallest absolute Gasteiger partial charge is 0.243 e. The molecule has 1 amide bonds. The summed E-state index contributed by atoms with van der Waals surface area (Å²) in [6.45, 7) is 2.74. The number of hydrogen-bond donors (Lipinski definition) is 1. The van der Waals surface area contributed by atoms with Gasteiger partial charge in [0, 0.05) is 13.1 Å². The van der Waals surface area contributed by atoms with Crippen molar-refractivity contribution in [2.45, 2.75) is 50.0 Å². The Bertz CT molecular complexity index is 1270. The highest BCUT2D eigenvalue weighted by Gasteiger charge is 2.34. The minimum atomic E-state index is -3.68. The monoisotopic (exact) mass is 520 g/mol. The van der Waals surface area contributed by atoms with Crippen LogP contribution >= 0.6 is 0 Å². The summed E-state index contributed by atoms with van der Waals surface area (Å²) in [5, 5.41) is 0. The number of amides is 1. The Hall–Kier alpha value is -3.16. The van der Waals surface area contributed by atoms with E-state index in [0.717, 1.165) is 48.1 Å². The number of ether oxygens (including phenoxy) is 1. The molecule has 0 aromatic heterocycles. The average Bonchev–Trinajstić information content (AvgIpc) is 2.91. The maximum absolute atomic E-state index is 13.6. The summed E-state index contributed by atoms with van der Waals surface area (Å²) in [7, 11) is -2.07. The molecule has 1 unspecified atom stereocenters. The van der Waals surface area contributed by atoms with E-state index in [-0.39, 0.29) is 30.2 Å². The van der Waals surface area contributed by atoms with Gasteiger partial charge in [-0.2, -0.15) is 4.31 Å². The number of aryl methyl sites for hydroxylation is 1. The number of hydrogen-bond acceptors (Lipinski definition) is 4. The van der Waals surface area contributed by atoms with Gasteiger partial charge in [-0.3, -0.25) is 4.79 Å². The number of carbonyl (C=O) groups excluding carboxylic acids is 1. The van der Waals surface area contributed by atoms with E-state index in [1.54, 1.807) is 35.7 Å². The Labute approximate surface area is 220 Å². The molecule has 3 aromatic rings. The van der Waals surface area contributed by atoms with Gasteiger partial charge in [0.15, 0.2) is 0 Å². The van der Waals surface area contributed by atoms with E-state index in [1.165, 1.54) is 0 Å². The normalized spacial score (nSPS) is 18.9. The van der Waals surface area contributed by atoms with Crippen LogP contribution in [0.25, 0.3) is 0 Å². The van der Waals surface area contributed by atoms with Crippen molar-refractivity contribution in [1.29, 1.82) is 0 Å². The maximum atomic E-state index is 13.6. The Balaban J connectivity index is 1.50. The molecular formula is C30H36N2O4S. The van der Waals surface area contributed by atoms with Crippen LogP contribution in [-0.4, -0.2) is 32.3 Å². The first kappa shape index (κ1) is 26.9. The summed E-state index contributed by atoms with van der Waals surface area (Å²) >= 11 is 0. The molecule has 196 valence electrons. The molecule has 0 radical (unpaired) electrons. The van der Waals surface area contributed by atoms with Crippen LogP contribution in [0.4, 0.5) is 0 Å². The molecule has 1 fully saturated rings. The fourth-order valence-corrected chi connectivity index (χ4v) is 6.88. The van der Waals surface area contributed by atoms with Crippen molar-refractivity contribution in [3.8, 4) is 5.75 Å². The largest absolute Gasteiger partial charge is 0.497 e. The van der Waals surface area contributed by atoms with Gasteiger partial charge in [-0.15, -0.1) is 0 Å². The molecule has 1 atom stereocenters. The van der Waals surface area contributed by atoms with Gasteiger partial charge >= 0.3 is 0 Å². The molecule has 0 heterocycles. The topological polar surface area (TPSA) is 89.7 Å². The number of methoxy groups -OCH3 is 1. The highest BCUT2D eigenvalue weighted by atomic mass is 32.2. The molecule has 3 aromatic carbocycles. The molecule has 4 rings (SSSR count). The Kier molecular flexibility index (Phi) is 8.67. The molecule has 6 nitrogen and oxygen atoms in total. The fourth-order valence-electron chi connectivity index (χ4n) is 5.36. The summed E-state index contributed by atoms with van der Waals surface area (Å²) in [4.78, 5) is 12.7. The van der Waals surface area contributed by atoms with E-state index < -0.39 is 10.0 Å². The van der Waals surface area contributed by atoms with Crippen LogP contribution in [0, 0.1) is 18.8 Å². The molecule has 37 heavy (non-hydrogen) atoms. The summed E-state index contributed by atoms with van der Waals surface area (Å²) in [5.41, 5.74) is 8.86. The number of nitrogens with two attached hydrogens (primary N) is 1. The second-order valence-electron chi connectivity index (χ2n) is 10.0. The molecule has 0 saturated heterocycles. The van der Waals surface area contributed by atoms with Crippen LogP contribution in [0.3, 0.4) is 0 Å². The van der Waals surface area contributed by atoms with Gasteiger partial charge in [-0.25, -0.2) is 8.42 Å².